The molecule has 3 aromatic carbocycles. The van der Waals surface area contributed by atoms with E-state index in [9.17, 15) is 4.79 Å². The lowest BCUT2D eigenvalue weighted by atomic mass is 9.93. The summed E-state index contributed by atoms with van der Waals surface area (Å²) in [6.45, 7) is 2.70. The van der Waals surface area contributed by atoms with E-state index in [1.54, 1.807) is 19.1 Å². The van der Waals surface area contributed by atoms with Gasteiger partial charge in [0, 0.05) is 6.54 Å². The molecule has 0 radical (unpaired) electrons. The molecule has 5 nitrogen and oxygen atoms in total. The predicted octanol–water partition coefficient (Wildman–Crippen LogP) is 5.58. The summed E-state index contributed by atoms with van der Waals surface area (Å²) in [7, 11) is 3.27. The molecule has 0 saturated heterocycles. The van der Waals surface area contributed by atoms with Gasteiger partial charge in [-0.15, -0.1) is 0 Å². The molecule has 0 aromatic heterocycles. The lowest BCUT2D eigenvalue weighted by Gasteiger charge is -2.39. The third-order valence-electron chi connectivity index (χ3n) is 5.65. The monoisotopic (exact) mass is 402 g/mol. The number of anilines is 2. The molecule has 1 unspecified atom stereocenters. The van der Waals surface area contributed by atoms with Crippen LogP contribution in [0.4, 0.5) is 16.2 Å². The number of para-hydroxylation sites is 2. The van der Waals surface area contributed by atoms with Gasteiger partial charge in [0.15, 0.2) is 11.5 Å². The first-order valence-corrected chi connectivity index (χ1v) is 10.1. The van der Waals surface area contributed by atoms with Crippen LogP contribution in [0.15, 0.2) is 72.8 Å². The third kappa shape index (κ3) is 3.59. The second kappa shape index (κ2) is 8.49. The molecule has 0 saturated carbocycles. The van der Waals surface area contributed by atoms with Gasteiger partial charge >= 0.3 is 6.03 Å². The minimum Gasteiger partial charge on any atom is -0.493 e. The Morgan fingerprint density at radius 2 is 1.43 bits per heavy atom. The average molecular weight is 402 g/mol. The van der Waals surface area contributed by atoms with Crippen LogP contribution in [0.1, 0.15) is 24.1 Å². The Morgan fingerprint density at radius 1 is 0.900 bits per heavy atom. The van der Waals surface area contributed by atoms with E-state index in [0.717, 1.165) is 29.1 Å². The Morgan fingerprint density at radius 3 is 1.97 bits per heavy atom. The number of benzene rings is 3. The smallest absolute Gasteiger partial charge is 0.329 e. The van der Waals surface area contributed by atoms with Crippen LogP contribution in [0.25, 0.3) is 0 Å². The lowest BCUT2D eigenvalue weighted by molar-refractivity contribution is 0.183. The summed E-state index contributed by atoms with van der Waals surface area (Å²) in [6.07, 6.45) is 0.767. The fourth-order valence-electron chi connectivity index (χ4n) is 4.06. The number of amides is 2. The molecule has 1 heterocycles. The Bertz CT molecular complexity index is 982. The zero-order chi connectivity index (χ0) is 21.1. The summed E-state index contributed by atoms with van der Waals surface area (Å²) in [5.41, 5.74) is 3.97. The first kappa shape index (κ1) is 19.8. The summed E-state index contributed by atoms with van der Waals surface area (Å²) < 4.78 is 10.9. The number of carbonyl (C=O) groups excluding carboxylic acids is 1. The molecule has 5 heteroatoms. The average Bonchev–Trinajstić information content (AvgIpc) is 2.80. The van der Waals surface area contributed by atoms with Gasteiger partial charge in [-0.2, -0.15) is 0 Å². The van der Waals surface area contributed by atoms with Crippen molar-refractivity contribution in [2.45, 2.75) is 19.4 Å². The van der Waals surface area contributed by atoms with Crippen molar-refractivity contribution in [3.8, 4) is 11.5 Å². The standard InChI is InChI=1S/C25H26N2O3/c1-18-22-17-24(30-3)23(29-2)16-19(22)14-15-26(18)25(28)27(20-10-6-4-7-11-20)21-12-8-5-9-13-21/h4-13,16-18H,14-15H2,1-3H3. The molecule has 2 amide bonds. The van der Waals surface area contributed by atoms with Crippen molar-refractivity contribution in [3.63, 3.8) is 0 Å². The number of methoxy groups -OCH3 is 2. The second-order valence-electron chi connectivity index (χ2n) is 7.31. The number of hydrogen-bond acceptors (Lipinski definition) is 3. The van der Waals surface area contributed by atoms with Gasteiger partial charge in [-0.3, -0.25) is 4.90 Å². The number of rotatable bonds is 4. The van der Waals surface area contributed by atoms with Gasteiger partial charge in [0.25, 0.3) is 0 Å². The number of hydrogen-bond donors (Lipinski definition) is 0. The molecule has 3 aromatic rings. The largest absolute Gasteiger partial charge is 0.493 e. The van der Waals surface area contributed by atoms with Crippen LogP contribution in [0.5, 0.6) is 11.5 Å². The van der Waals surface area contributed by atoms with Gasteiger partial charge in [-0.1, -0.05) is 36.4 Å². The van der Waals surface area contributed by atoms with Crippen molar-refractivity contribution in [3.05, 3.63) is 83.9 Å². The van der Waals surface area contributed by atoms with Gasteiger partial charge in [-0.05, 0) is 60.9 Å². The fraction of sp³-hybridized carbons (Fsp3) is 0.240. The van der Waals surface area contributed by atoms with Crippen molar-refractivity contribution in [1.82, 2.24) is 4.90 Å². The molecule has 0 aliphatic carbocycles. The quantitative estimate of drug-likeness (QED) is 0.572. The van der Waals surface area contributed by atoms with Crippen LogP contribution in [-0.2, 0) is 6.42 Å². The Balaban J connectivity index is 1.71. The maximum atomic E-state index is 13.8. The molecule has 0 fully saturated rings. The topological polar surface area (TPSA) is 42.0 Å². The van der Waals surface area contributed by atoms with Crippen LogP contribution in [0.2, 0.25) is 0 Å². The Hall–Kier alpha value is -3.47. The number of carbonyl (C=O) groups is 1. The van der Waals surface area contributed by atoms with Crippen LogP contribution in [0, 0.1) is 0 Å². The van der Waals surface area contributed by atoms with E-state index < -0.39 is 0 Å². The molecule has 30 heavy (non-hydrogen) atoms. The van der Waals surface area contributed by atoms with Crippen molar-refractivity contribution in [2.24, 2.45) is 0 Å². The molecule has 4 rings (SSSR count). The van der Waals surface area contributed by atoms with Crippen LogP contribution in [-0.4, -0.2) is 31.7 Å². The van der Waals surface area contributed by atoms with Gasteiger partial charge in [0.05, 0.1) is 31.6 Å². The summed E-state index contributed by atoms with van der Waals surface area (Å²) in [5.74, 6) is 1.40. The molecule has 154 valence electrons. The molecular weight excluding hydrogens is 376 g/mol. The zero-order valence-electron chi connectivity index (χ0n) is 17.5. The number of urea groups is 1. The summed E-state index contributed by atoms with van der Waals surface area (Å²) >= 11 is 0. The van der Waals surface area contributed by atoms with Gasteiger partial charge in [0.1, 0.15) is 0 Å². The highest BCUT2D eigenvalue weighted by molar-refractivity contribution is 5.99. The first-order valence-electron chi connectivity index (χ1n) is 10.1. The van der Waals surface area contributed by atoms with E-state index in [2.05, 4.69) is 6.92 Å². The third-order valence-corrected chi connectivity index (χ3v) is 5.65. The van der Waals surface area contributed by atoms with Crippen molar-refractivity contribution >= 4 is 17.4 Å². The van der Waals surface area contributed by atoms with Crippen LogP contribution in [0.3, 0.4) is 0 Å². The van der Waals surface area contributed by atoms with Gasteiger partial charge in [0.2, 0.25) is 0 Å². The SMILES string of the molecule is COc1cc2c(cc1OC)C(C)N(C(=O)N(c1ccccc1)c1ccccc1)CC2. The van der Waals surface area contributed by atoms with Crippen molar-refractivity contribution in [2.75, 3.05) is 25.7 Å². The second-order valence-corrected chi connectivity index (χ2v) is 7.31. The van der Waals surface area contributed by atoms with E-state index in [4.69, 9.17) is 9.47 Å². The maximum Gasteiger partial charge on any atom is 0.329 e. The van der Waals surface area contributed by atoms with E-state index in [-0.39, 0.29) is 12.1 Å². The highest BCUT2D eigenvalue weighted by atomic mass is 16.5. The van der Waals surface area contributed by atoms with Crippen LogP contribution < -0.4 is 14.4 Å². The van der Waals surface area contributed by atoms with Crippen molar-refractivity contribution < 1.29 is 14.3 Å². The van der Waals surface area contributed by atoms with E-state index in [0.29, 0.717) is 12.3 Å². The first-order chi connectivity index (χ1) is 14.6. The maximum absolute atomic E-state index is 13.8. The Kier molecular flexibility index (Phi) is 5.61. The molecule has 0 N–H and O–H groups in total. The molecule has 1 aliphatic rings. The fourth-order valence-corrected chi connectivity index (χ4v) is 4.06. The highest BCUT2D eigenvalue weighted by Crippen LogP contribution is 2.39. The van der Waals surface area contributed by atoms with E-state index in [1.165, 1.54) is 5.56 Å². The lowest BCUT2D eigenvalue weighted by Crippen LogP contribution is -2.45. The number of ether oxygens (including phenoxy) is 2. The van der Waals surface area contributed by atoms with E-state index in [1.807, 2.05) is 77.7 Å². The van der Waals surface area contributed by atoms with Gasteiger partial charge in [-0.25, -0.2) is 4.79 Å². The number of fused-ring (bicyclic) bond motifs is 1. The van der Waals surface area contributed by atoms with E-state index >= 15 is 0 Å². The number of nitrogens with zero attached hydrogens (tertiary/aromatic N) is 2. The zero-order valence-corrected chi connectivity index (χ0v) is 17.5. The summed E-state index contributed by atoms with van der Waals surface area (Å²) in [4.78, 5) is 17.5. The minimum atomic E-state index is -0.0871. The van der Waals surface area contributed by atoms with Gasteiger partial charge < -0.3 is 14.4 Å². The van der Waals surface area contributed by atoms with Crippen molar-refractivity contribution in [1.29, 1.82) is 0 Å². The molecule has 0 bridgehead atoms. The summed E-state index contributed by atoms with van der Waals surface area (Å²) in [5, 5.41) is 0. The molecule has 1 atom stereocenters. The molecule has 0 spiro atoms. The predicted molar refractivity (Wildman–Crippen MR) is 119 cm³/mol. The molecular formula is C25H26N2O3. The molecule has 1 aliphatic heterocycles. The highest BCUT2D eigenvalue weighted by Gasteiger charge is 2.33. The normalized spacial score (nSPS) is 15.3. The van der Waals surface area contributed by atoms with Crippen LogP contribution >= 0.6 is 0 Å². The Labute approximate surface area is 177 Å². The minimum absolute atomic E-state index is 0.0414. The summed E-state index contributed by atoms with van der Waals surface area (Å²) in [6, 6.07) is 23.4.